The van der Waals surface area contributed by atoms with Crippen LogP contribution in [0.1, 0.15) is 13.3 Å². The van der Waals surface area contributed by atoms with Gasteiger partial charge in [-0.3, -0.25) is 0 Å². The molecule has 3 nitrogen and oxygen atoms in total. The predicted molar refractivity (Wildman–Crippen MR) is 48.1 cm³/mol. The minimum absolute atomic E-state index is 0. The Hall–Kier alpha value is -0.540. The number of hydrogen-bond donors (Lipinski definition) is 1. The third kappa shape index (κ3) is 9.37. The van der Waals surface area contributed by atoms with E-state index in [9.17, 15) is 4.79 Å². The lowest BCUT2D eigenvalue weighted by molar-refractivity contribution is -0.858. The van der Waals surface area contributed by atoms with E-state index in [4.69, 9.17) is 4.74 Å². The highest BCUT2D eigenvalue weighted by Gasteiger charge is 2.02. The smallest absolute Gasteiger partial charge is 0.333 e. The van der Waals surface area contributed by atoms with E-state index >= 15 is 0 Å². The van der Waals surface area contributed by atoms with Gasteiger partial charge in [0.2, 0.25) is 0 Å². The molecule has 0 spiro atoms. The van der Waals surface area contributed by atoms with Crippen molar-refractivity contribution in [2.24, 2.45) is 0 Å². The molecular formula is C9H18ClNO2. The molecule has 78 valence electrons. The van der Waals surface area contributed by atoms with Crippen molar-refractivity contribution < 1.29 is 26.8 Å². The second-order valence-electron chi connectivity index (χ2n) is 3.23. The quantitative estimate of drug-likeness (QED) is 0.290. The predicted octanol–water partition coefficient (Wildman–Crippen LogP) is -3.36. The van der Waals surface area contributed by atoms with Crippen LogP contribution < -0.4 is 17.3 Å². The number of carbonyl (C=O) groups is 1. The van der Waals surface area contributed by atoms with Crippen LogP contribution in [-0.2, 0) is 9.53 Å². The highest BCUT2D eigenvalue weighted by molar-refractivity contribution is 5.86. The lowest BCUT2D eigenvalue weighted by atomic mass is 10.3. The van der Waals surface area contributed by atoms with Gasteiger partial charge in [0.15, 0.2) is 0 Å². The SMILES string of the molecule is C=C(C)C(=O)OCCC[NH+](C)C.[Cl-]. The molecule has 0 heterocycles. The molecule has 0 saturated heterocycles. The van der Waals surface area contributed by atoms with Crippen molar-refractivity contribution in [1.29, 1.82) is 0 Å². The first-order valence-corrected chi connectivity index (χ1v) is 4.15. The second-order valence-corrected chi connectivity index (χ2v) is 3.23. The van der Waals surface area contributed by atoms with Crippen LogP contribution in [0.3, 0.4) is 0 Å². The van der Waals surface area contributed by atoms with Crippen molar-refractivity contribution in [3.63, 3.8) is 0 Å². The first-order chi connectivity index (χ1) is 5.54. The maximum absolute atomic E-state index is 10.9. The van der Waals surface area contributed by atoms with Crippen molar-refractivity contribution in [2.75, 3.05) is 27.2 Å². The largest absolute Gasteiger partial charge is 1.00 e. The molecule has 0 rings (SSSR count). The number of rotatable bonds is 5. The Kier molecular flexibility index (Phi) is 9.29. The zero-order chi connectivity index (χ0) is 9.56. The van der Waals surface area contributed by atoms with Crippen LogP contribution in [0.15, 0.2) is 12.2 Å². The minimum Gasteiger partial charge on any atom is -1.00 e. The molecule has 0 saturated carbocycles. The zero-order valence-electron chi connectivity index (χ0n) is 8.52. The van der Waals surface area contributed by atoms with Crippen LogP contribution in [0.4, 0.5) is 0 Å². The average molecular weight is 208 g/mol. The summed E-state index contributed by atoms with van der Waals surface area (Å²) >= 11 is 0. The van der Waals surface area contributed by atoms with Crippen LogP contribution in [0.2, 0.25) is 0 Å². The van der Waals surface area contributed by atoms with E-state index in [0.29, 0.717) is 12.2 Å². The van der Waals surface area contributed by atoms with Crippen molar-refractivity contribution in [2.45, 2.75) is 13.3 Å². The fourth-order valence-electron chi connectivity index (χ4n) is 0.714. The first-order valence-electron chi connectivity index (χ1n) is 4.15. The minimum atomic E-state index is -0.288. The summed E-state index contributed by atoms with van der Waals surface area (Å²) in [5.41, 5.74) is 0.465. The molecule has 0 aromatic rings. The van der Waals surface area contributed by atoms with Gasteiger partial charge in [-0.1, -0.05) is 6.58 Å². The number of ether oxygens (including phenoxy) is 1. The highest BCUT2D eigenvalue weighted by atomic mass is 35.5. The standard InChI is InChI=1S/C9H17NO2.ClH/c1-8(2)9(11)12-7-5-6-10(3)4;/h1,5-7H2,2-4H3;1H. The number of hydrogen-bond acceptors (Lipinski definition) is 2. The molecular weight excluding hydrogens is 190 g/mol. The van der Waals surface area contributed by atoms with Gasteiger partial charge in [-0.15, -0.1) is 0 Å². The molecule has 0 aromatic carbocycles. The van der Waals surface area contributed by atoms with E-state index in [-0.39, 0.29) is 18.4 Å². The molecule has 4 heteroatoms. The molecule has 0 amide bonds. The molecule has 0 aromatic heterocycles. The van der Waals surface area contributed by atoms with Crippen LogP contribution in [0.25, 0.3) is 0 Å². The summed E-state index contributed by atoms with van der Waals surface area (Å²) in [4.78, 5) is 12.2. The van der Waals surface area contributed by atoms with Crippen LogP contribution in [-0.4, -0.2) is 33.2 Å². The maximum atomic E-state index is 10.9. The van der Waals surface area contributed by atoms with Crippen LogP contribution in [0, 0.1) is 0 Å². The van der Waals surface area contributed by atoms with Crippen molar-refractivity contribution >= 4 is 5.97 Å². The monoisotopic (exact) mass is 207 g/mol. The summed E-state index contributed by atoms with van der Waals surface area (Å²) in [6.45, 7) is 6.66. The van der Waals surface area contributed by atoms with Crippen LogP contribution in [0.5, 0.6) is 0 Å². The molecule has 1 N–H and O–H groups in total. The van der Waals surface area contributed by atoms with E-state index in [1.54, 1.807) is 6.92 Å². The normalized spacial score (nSPS) is 9.23. The Balaban J connectivity index is 0. The Labute approximate surface area is 86.2 Å². The van der Waals surface area contributed by atoms with E-state index in [1.165, 1.54) is 4.90 Å². The topological polar surface area (TPSA) is 30.7 Å². The Morgan fingerprint density at radius 3 is 2.38 bits per heavy atom. The third-order valence-electron chi connectivity index (χ3n) is 1.40. The molecule has 0 aliphatic heterocycles. The Morgan fingerprint density at radius 1 is 1.46 bits per heavy atom. The Bertz CT molecular complexity index is 169. The second kappa shape index (κ2) is 8.08. The lowest BCUT2D eigenvalue weighted by Gasteiger charge is -2.07. The van der Waals surface area contributed by atoms with Crippen LogP contribution >= 0.6 is 0 Å². The molecule has 0 aliphatic carbocycles. The number of quaternary nitrogens is 1. The number of carbonyl (C=O) groups excluding carboxylic acids is 1. The molecule has 0 bridgehead atoms. The zero-order valence-corrected chi connectivity index (χ0v) is 9.28. The van der Waals surface area contributed by atoms with Gasteiger partial charge in [0.25, 0.3) is 0 Å². The highest BCUT2D eigenvalue weighted by Crippen LogP contribution is 1.91. The van der Waals surface area contributed by atoms with E-state index in [1.807, 2.05) is 0 Å². The fraction of sp³-hybridized carbons (Fsp3) is 0.667. The molecule has 0 atom stereocenters. The Morgan fingerprint density at radius 2 is 2.00 bits per heavy atom. The lowest BCUT2D eigenvalue weighted by Crippen LogP contribution is -3.05. The molecule has 0 aliphatic rings. The van der Waals surface area contributed by atoms with Gasteiger partial charge in [-0.2, -0.15) is 0 Å². The van der Waals surface area contributed by atoms with E-state index in [2.05, 4.69) is 20.7 Å². The van der Waals surface area contributed by atoms with E-state index in [0.717, 1.165) is 13.0 Å². The maximum Gasteiger partial charge on any atom is 0.333 e. The summed E-state index contributed by atoms with van der Waals surface area (Å²) in [6.07, 6.45) is 0.904. The summed E-state index contributed by atoms with van der Waals surface area (Å²) < 4.78 is 4.90. The van der Waals surface area contributed by atoms with Gasteiger partial charge in [0.1, 0.15) is 0 Å². The summed E-state index contributed by atoms with van der Waals surface area (Å²) in [5.74, 6) is -0.288. The van der Waals surface area contributed by atoms with Gasteiger partial charge in [0, 0.05) is 12.0 Å². The van der Waals surface area contributed by atoms with Gasteiger partial charge >= 0.3 is 5.97 Å². The average Bonchev–Trinajstić information content (AvgIpc) is 1.97. The van der Waals surface area contributed by atoms with Gasteiger partial charge < -0.3 is 22.0 Å². The third-order valence-corrected chi connectivity index (χ3v) is 1.40. The van der Waals surface area contributed by atoms with Gasteiger partial charge in [-0.25, -0.2) is 4.79 Å². The molecule has 0 radical (unpaired) electrons. The molecule has 0 unspecified atom stereocenters. The molecule has 0 fully saturated rings. The van der Waals surface area contributed by atoms with E-state index < -0.39 is 0 Å². The molecule has 13 heavy (non-hydrogen) atoms. The first kappa shape index (κ1) is 15.0. The van der Waals surface area contributed by atoms with Gasteiger partial charge in [-0.05, 0) is 6.92 Å². The van der Waals surface area contributed by atoms with Gasteiger partial charge in [0.05, 0.1) is 27.2 Å². The number of esters is 1. The summed E-state index contributed by atoms with van der Waals surface area (Å²) in [5, 5.41) is 0. The number of halogens is 1. The summed E-state index contributed by atoms with van der Waals surface area (Å²) in [6, 6.07) is 0. The van der Waals surface area contributed by atoms with Crippen molar-refractivity contribution in [3.05, 3.63) is 12.2 Å². The fourth-order valence-corrected chi connectivity index (χ4v) is 0.714. The number of nitrogens with one attached hydrogen (secondary N) is 1. The van der Waals surface area contributed by atoms with Crippen molar-refractivity contribution in [3.8, 4) is 0 Å². The van der Waals surface area contributed by atoms with Crippen molar-refractivity contribution in [1.82, 2.24) is 0 Å². The summed E-state index contributed by atoms with van der Waals surface area (Å²) in [7, 11) is 4.14.